The van der Waals surface area contributed by atoms with E-state index in [0.717, 1.165) is 0 Å². The molecule has 0 aliphatic rings. The molecule has 0 saturated carbocycles. The fourth-order valence-electron chi connectivity index (χ4n) is 0.300. The van der Waals surface area contributed by atoms with Gasteiger partial charge in [-0.2, -0.15) is 8.42 Å². The van der Waals surface area contributed by atoms with E-state index in [2.05, 4.69) is 0 Å². The monoisotopic (exact) mass is 258 g/mol. The van der Waals surface area contributed by atoms with Crippen molar-refractivity contribution < 1.29 is 37.9 Å². The van der Waals surface area contributed by atoms with Crippen LogP contribution in [0.25, 0.3) is 0 Å². The SMILES string of the molecule is O=S(=O)(O)O.OCC(CO)(CO)CO.[NaH]. The van der Waals surface area contributed by atoms with E-state index in [1.54, 1.807) is 0 Å². The summed E-state index contributed by atoms with van der Waals surface area (Å²) in [7, 11) is -4.67. The van der Waals surface area contributed by atoms with Crippen LogP contribution in [0, 0.1) is 5.41 Å². The third-order valence-electron chi connectivity index (χ3n) is 1.34. The zero-order valence-electron chi connectivity index (χ0n) is 7.24. The Balaban J connectivity index is -0.000000208. The van der Waals surface area contributed by atoms with Crippen LogP contribution in [0.3, 0.4) is 0 Å². The predicted molar refractivity (Wildman–Crippen MR) is 52.1 cm³/mol. The molecular formula is C5H15NaO8S. The van der Waals surface area contributed by atoms with Gasteiger partial charge in [-0.25, -0.2) is 0 Å². The van der Waals surface area contributed by atoms with Crippen LogP contribution < -0.4 is 0 Å². The van der Waals surface area contributed by atoms with Crippen LogP contribution in [0.15, 0.2) is 0 Å². The summed E-state index contributed by atoms with van der Waals surface area (Å²) in [6.45, 7) is -1.62. The van der Waals surface area contributed by atoms with Gasteiger partial charge < -0.3 is 20.4 Å². The summed E-state index contributed by atoms with van der Waals surface area (Å²) in [6, 6.07) is 0. The van der Waals surface area contributed by atoms with E-state index in [1.165, 1.54) is 0 Å². The minimum atomic E-state index is -4.67. The van der Waals surface area contributed by atoms with Gasteiger partial charge in [0, 0.05) is 0 Å². The van der Waals surface area contributed by atoms with E-state index in [-0.39, 0.29) is 29.6 Å². The molecule has 0 aromatic rings. The van der Waals surface area contributed by atoms with Gasteiger partial charge in [0.2, 0.25) is 0 Å². The average molecular weight is 258 g/mol. The third kappa shape index (κ3) is 14.7. The fourth-order valence-corrected chi connectivity index (χ4v) is 0.300. The minimum absolute atomic E-state index is 0. The van der Waals surface area contributed by atoms with Crippen LogP contribution in [-0.2, 0) is 10.4 Å². The molecule has 0 saturated heterocycles. The first kappa shape index (κ1) is 21.0. The number of aliphatic hydroxyl groups excluding tert-OH is 4. The number of rotatable bonds is 4. The predicted octanol–water partition coefficient (Wildman–Crippen LogP) is -3.36. The van der Waals surface area contributed by atoms with Crippen molar-refractivity contribution in [3.8, 4) is 0 Å². The van der Waals surface area contributed by atoms with Gasteiger partial charge in [0.1, 0.15) is 0 Å². The topological polar surface area (TPSA) is 156 Å². The molecule has 0 unspecified atom stereocenters. The Labute approximate surface area is 109 Å². The Morgan fingerprint density at radius 1 is 0.800 bits per heavy atom. The van der Waals surface area contributed by atoms with Crippen LogP contribution in [-0.4, -0.2) is 93.9 Å². The van der Waals surface area contributed by atoms with Crippen LogP contribution in [0.5, 0.6) is 0 Å². The Bertz CT molecular complexity index is 198. The maximum absolute atomic E-state index is 8.74. The molecule has 0 amide bonds. The summed E-state index contributed by atoms with van der Waals surface area (Å²) in [5.41, 5.74) is -1.11. The zero-order valence-corrected chi connectivity index (χ0v) is 8.05. The van der Waals surface area contributed by atoms with Crippen molar-refractivity contribution in [2.24, 2.45) is 5.41 Å². The third-order valence-corrected chi connectivity index (χ3v) is 1.34. The van der Waals surface area contributed by atoms with E-state index in [0.29, 0.717) is 0 Å². The molecule has 0 atom stereocenters. The van der Waals surface area contributed by atoms with Gasteiger partial charge in [0.25, 0.3) is 0 Å². The van der Waals surface area contributed by atoms with Gasteiger partial charge in [-0.1, -0.05) is 0 Å². The molecule has 0 aliphatic carbocycles. The zero-order chi connectivity index (χ0) is 11.8. The summed E-state index contributed by atoms with van der Waals surface area (Å²) in [5, 5.41) is 34.0. The molecule has 0 bridgehead atoms. The molecule has 0 rings (SSSR count). The van der Waals surface area contributed by atoms with Crippen LogP contribution >= 0.6 is 0 Å². The Morgan fingerprint density at radius 2 is 0.933 bits per heavy atom. The number of aliphatic hydroxyl groups is 4. The molecule has 0 fully saturated rings. The summed E-state index contributed by atoms with van der Waals surface area (Å²) in [6.07, 6.45) is 0. The first-order chi connectivity index (χ1) is 6.24. The molecule has 0 radical (unpaired) electrons. The number of hydrogen-bond acceptors (Lipinski definition) is 6. The van der Waals surface area contributed by atoms with E-state index in [4.69, 9.17) is 37.9 Å². The van der Waals surface area contributed by atoms with E-state index in [1.807, 2.05) is 0 Å². The molecule has 10 heteroatoms. The van der Waals surface area contributed by atoms with Crippen molar-refractivity contribution in [1.29, 1.82) is 0 Å². The average Bonchev–Trinajstić information content (AvgIpc) is 2.07. The van der Waals surface area contributed by atoms with Gasteiger partial charge >= 0.3 is 40.0 Å². The van der Waals surface area contributed by atoms with E-state index >= 15 is 0 Å². The summed E-state index contributed by atoms with van der Waals surface area (Å²) >= 11 is 0. The van der Waals surface area contributed by atoms with Crippen molar-refractivity contribution in [3.63, 3.8) is 0 Å². The van der Waals surface area contributed by atoms with Crippen molar-refractivity contribution >= 4 is 40.0 Å². The molecule has 90 valence electrons. The fraction of sp³-hybridized carbons (Fsp3) is 1.00. The second-order valence-corrected chi connectivity index (χ2v) is 3.48. The standard InChI is InChI=1S/C5H12O4.Na.H2O4S.H/c6-1-5(2-7,3-8)4-9;;1-5(2,3)4;/h6-9H,1-4H2;;(H2,1,2,3,4);. The quantitative estimate of drug-likeness (QED) is 0.225. The van der Waals surface area contributed by atoms with E-state index < -0.39 is 42.2 Å². The van der Waals surface area contributed by atoms with Gasteiger partial charge in [-0.3, -0.25) is 9.11 Å². The summed E-state index contributed by atoms with van der Waals surface area (Å²) in [5.74, 6) is 0. The van der Waals surface area contributed by atoms with Gasteiger partial charge in [0.15, 0.2) is 0 Å². The summed E-state index contributed by atoms with van der Waals surface area (Å²) < 4.78 is 31.6. The maximum atomic E-state index is 8.74. The van der Waals surface area contributed by atoms with Gasteiger partial charge in [-0.15, -0.1) is 0 Å². The van der Waals surface area contributed by atoms with Crippen LogP contribution in [0.2, 0.25) is 0 Å². The Morgan fingerprint density at radius 3 is 0.933 bits per heavy atom. The molecule has 15 heavy (non-hydrogen) atoms. The molecule has 0 heterocycles. The second-order valence-electron chi connectivity index (χ2n) is 2.58. The first-order valence-electron chi connectivity index (χ1n) is 3.38. The van der Waals surface area contributed by atoms with E-state index in [9.17, 15) is 0 Å². The van der Waals surface area contributed by atoms with Gasteiger partial charge in [0.05, 0.1) is 31.8 Å². The van der Waals surface area contributed by atoms with Crippen molar-refractivity contribution in [2.45, 2.75) is 0 Å². The second kappa shape index (κ2) is 9.90. The van der Waals surface area contributed by atoms with Gasteiger partial charge in [-0.05, 0) is 0 Å². The van der Waals surface area contributed by atoms with Crippen molar-refractivity contribution in [3.05, 3.63) is 0 Å². The molecule has 0 aromatic heterocycles. The molecule has 8 nitrogen and oxygen atoms in total. The normalized spacial score (nSPS) is 11.1. The van der Waals surface area contributed by atoms with Crippen molar-refractivity contribution in [1.82, 2.24) is 0 Å². The molecule has 0 aromatic carbocycles. The molecule has 6 N–H and O–H groups in total. The Hall–Kier alpha value is 0.710. The number of hydrogen-bond donors (Lipinski definition) is 6. The molecule has 0 aliphatic heterocycles. The van der Waals surface area contributed by atoms with Crippen LogP contribution in [0.4, 0.5) is 0 Å². The first-order valence-corrected chi connectivity index (χ1v) is 4.77. The molecular weight excluding hydrogens is 243 g/mol. The summed E-state index contributed by atoms with van der Waals surface area (Å²) in [4.78, 5) is 0. The van der Waals surface area contributed by atoms with Crippen LogP contribution in [0.1, 0.15) is 0 Å². The Kier molecular flexibility index (Phi) is 13.9. The molecule has 0 spiro atoms. The van der Waals surface area contributed by atoms with Crippen molar-refractivity contribution in [2.75, 3.05) is 26.4 Å².